The largest absolute Gasteiger partial charge is 0.446 e. The van der Waals surface area contributed by atoms with Gasteiger partial charge in [-0.05, 0) is 117 Å². The number of allylic oxidation sites excluding steroid dienone is 1. The SMILES string of the molecule is CC(C)CCC[C@@H](C)[C@H]1CCC2C3CC=C4C[C@@H](OC(=O)NCCCCCC(=O)N5C[C@H](O)C[C@H]5C)CC[C@]4(C)C3CC[C@@]21C. The highest BCUT2D eigenvalue weighted by Gasteiger charge is 2.59. The molecule has 4 aliphatic carbocycles. The average molecular weight is 627 g/mol. The smallest absolute Gasteiger partial charge is 0.407 e. The van der Waals surface area contributed by atoms with Crippen molar-refractivity contribution < 1.29 is 19.4 Å². The molecule has 6 heteroatoms. The molecule has 0 spiro atoms. The number of fused-ring (bicyclic) bond motifs is 5. The highest BCUT2D eigenvalue weighted by molar-refractivity contribution is 5.76. The van der Waals surface area contributed by atoms with E-state index in [9.17, 15) is 14.7 Å². The van der Waals surface area contributed by atoms with Crippen LogP contribution in [0.5, 0.6) is 0 Å². The zero-order chi connectivity index (χ0) is 32.4. The lowest BCUT2D eigenvalue weighted by Gasteiger charge is -2.58. The molecule has 256 valence electrons. The van der Waals surface area contributed by atoms with E-state index >= 15 is 0 Å². The lowest BCUT2D eigenvalue weighted by atomic mass is 9.47. The highest BCUT2D eigenvalue weighted by atomic mass is 16.6. The summed E-state index contributed by atoms with van der Waals surface area (Å²) in [7, 11) is 0. The van der Waals surface area contributed by atoms with Crippen molar-refractivity contribution in [3.05, 3.63) is 11.6 Å². The minimum atomic E-state index is -0.384. The Kier molecular flexibility index (Phi) is 11.3. The summed E-state index contributed by atoms with van der Waals surface area (Å²) >= 11 is 0. The predicted molar refractivity (Wildman–Crippen MR) is 182 cm³/mol. The van der Waals surface area contributed by atoms with E-state index in [0.717, 1.165) is 74.0 Å². The van der Waals surface area contributed by atoms with Gasteiger partial charge in [-0.25, -0.2) is 4.79 Å². The zero-order valence-corrected chi connectivity index (χ0v) is 29.6. The van der Waals surface area contributed by atoms with Crippen LogP contribution < -0.4 is 5.32 Å². The first kappa shape index (κ1) is 34.8. The summed E-state index contributed by atoms with van der Waals surface area (Å²) in [6.45, 7) is 15.6. The molecule has 0 aromatic heterocycles. The second-order valence-corrected chi connectivity index (χ2v) is 17.1. The van der Waals surface area contributed by atoms with Gasteiger partial charge in [-0.3, -0.25) is 4.79 Å². The Morgan fingerprint density at radius 3 is 2.56 bits per heavy atom. The Hall–Kier alpha value is -1.56. The Morgan fingerprint density at radius 1 is 1.02 bits per heavy atom. The lowest BCUT2D eigenvalue weighted by Crippen LogP contribution is -2.51. The minimum Gasteiger partial charge on any atom is -0.446 e. The van der Waals surface area contributed by atoms with Gasteiger partial charge in [0.1, 0.15) is 6.10 Å². The van der Waals surface area contributed by atoms with Gasteiger partial charge in [0.05, 0.1) is 6.10 Å². The van der Waals surface area contributed by atoms with Crippen molar-refractivity contribution in [3.63, 3.8) is 0 Å². The molecule has 1 aliphatic heterocycles. The number of unbranched alkanes of at least 4 members (excludes halogenated alkanes) is 2. The van der Waals surface area contributed by atoms with Crippen molar-refractivity contribution in [2.75, 3.05) is 13.1 Å². The predicted octanol–water partition coefficient (Wildman–Crippen LogP) is 8.66. The van der Waals surface area contributed by atoms with Gasteiger partial charge in [-0.1, -0.05) is 72.0 Å². The van der Waals surface area contributed by atoms with Crippen LogP contribution >= 0.6 is 0 Å². The molecule has 1 heterocycles. The van der Waals surface area contributed by atoms with Crippen LogP contribution in [0.4, 0.5) is 4.79 Å². The van der Waals surface area contributed by atoms with Crippen molar-refractivity contribution in [1.29, 1.82) is 0 Å². The quantitative estimate of drug-likeness (QED) is 0.168. The first-order valence-electron chi connectivity index (χ1n) is 19.0. The van der Waals surface area contributed by atoms with Crippen LogP contribution in [0.3, 0.4) is 0 Å². The van der Waals surface area contributed by atoms with Crippen LogP contribution in [0.15, 0.2) is 11.6 Å². The number of rotatable bonds is 12. The number of amides is 2. The summed E-state index contributed by atoms with van der Waals surface area (Å²) in [6.07, 6.45) is 19.7. The van der Waals surface area contributed by atoms with Crippen LogP contribution in [-0.4, -0.2) is 53.3 Å². The van der Waals surface area contributed by atoms with Crippen molar-refractivity contribution >= 4 is 12.0 Å². The van der Waals surface area contributed by atoms with E-state index < -0.39 is 0 Å². The number of nitrogens with zero attached hydrogens (tertiary/aromatic N) is 1. The summed E-state index contributed by atoms with van der Waals surface area (Å²) in [5, 5.41) is 12.8. The molecule has 10 atom stereocenters. The molecule has 3 unspecified atom stereocenters. The molecule has 0 aromatic carbocycles. The van der Waals surface area contributed by atoms with Crippen LogP contribution in [-0.2, 0) is 9.53 Å². The summed E-state index contributed by atoms with van der Waals surface area (Å²) in [4.78, 5) is 26.9. The Bertz CT molecular complexity index is 1060. The van der Waals surface area contributed by atoms with Gasteiger partial charge in [0.25, 0.3) is 0 Å². The summed E-state index contributed by atoms with van der Waals surface area (Å²) in [5.41, 5.74) is 2.35. The van der Waals surface area contributed by atoms with Gasteiger partial charge < -0.3 is 20.1 Å². The molecule has 3 saturated carbocycles. The normalized spacial score (nSPS) is 38.3. The Labute approximate surface area is 274 Å². The Morgan fingerprint density at radius 2 is 1.82 bits per heavy atom. The molecular formula is C39H66N2O4. The van der Waals surface area contributed by atoms with Crippen molar-refractivity contribution in [1.82, 2.24) is 10.2 Å². The number of nitrogens with one attached hydrogen (secondary N) is 1. The van der Waals surface area contributed by atoms with E-state index in [2.05, 4.69) is 46.0 Å². The molecule has 2 amide bonds. The molecule has 0 radical (unpaired) electrons. The molecule has 1 saturated heterocycles. The molecule has 45 heavy (non-hydrogen) atoms. The first-order valence-corrected chi connectivity index (χ1v) is 19.0. The van der Waals surface area contributed by atoms with E-state index in [1.807, 2.05) is 11.8 Å². The van der Waals surface area contributed by atoms with Crippen molar-refractivity contribution in [3.8, 4) is 0 Å². The fourth-order valence-corrected chi connectivity index (χ4v) is 11.2. The number of carbonyl (C=O) groups is 2. The number of ether oxygens (including phenoxy) is 1. The molecular weight excluding hydrogens is 560 g/mol. The van der Waals surface area contributed by atoms with Crippen molar-refractivity contribution in [2.45, 2.75) is 163 Å². The van der Waals surface area contributed by atoms with Gasteiger partial charge in [-0.2, -0.15) is 0 Å². The minimum absolute atomic E-state index is 0.0206. The maximum atomic E-state index is 12.7. The molecule has 2 N–H and O–H groups in total. The third-order valence-electron chi connectivity index (χ3n) is 13.7. The number of carbonyl (C=O) groups excluding carboxylic acids is 2. The summed E-state index contributed by atoms with van der Waals surface area (Å²) in [5.74, 6) is 5.18. The van der Waals surface area contributed by atoms with E-state index in [1.54, 1.807) is 5.57 Å². The van der Waals surface area contributed by atoms with E-state index in [0.29, 0.717) is 31.3 Å². The molecule has 6 nitrogen and oxygen atoms in total. The van der Waals surface area contributed by atoms with Crippen LogP contribution in [0.2, 0.25) is 0 Å². The van der Waals surface area contributed by atoms with E-state index in [-0.39, 0.29) is 35.7 Å². The number of aliphatic hydroxyl groups is 1. The van der Waals surface area contributed by atoms with Gasteiger partial charge >= 0.3 is 6.09 Å². The third kappa shape index (κ3) is 7.62. The molecule has 5 rings (SSSR count). The number of hydrogen-bond donors (Lipinski definition) is 2. The number of likely N-dealkylation sites (tertiary alicyclic amines) is 1. The number of β-amino-alcohol motifs (C(OH)–C–C–N with tert-alkyl or cyclic N) is 1. The molecule has 0 aromatic rings. The topological polar surface area (TPSA) is 78.9 Å². The third-order valence-corrected chi connectivity index (χ3v) is 13.7. The standard InChI is InChI=1S/C39H66N2O4/c1-26(2)11-10-12-27(3)33-16-17-34-32-15-14-29-24-31(18-20-38(29,5)35(32)19-21-39(33,34)6)45-37(44)40-22-9-7-8-13-36(43)41-25-30(42)23-28(41)4/h14,26-28,30-35,42H,7-13,15-25H2,1-6H3,(H,40,44)/t27-,28-,30-,31+,32?,33-,34?,35?,38+,39-/m1/s1. The fourth-order valence-electron chi connectivity index (χ4n) is 11.2. The first-order chi connectivity index (χ1) is 21.4. The van der Waals surface area contributed by atoms with Gasteiger partial charge in [-0.15, -0.1) is 0 Å². The monoisotopic (exact) mass is 627 g/mol. The number of aliphatic hydroxyl groups excluding tert-OH is 1. The fraction of sp³-hybridized carbons (Fsp3) is 0.897. The molecule has 5 aliphatic rings. The van der Waals surface area contributed by atoms with Gasteiger partial charge in [0.2, 0.25) is 5.91 Å². The second-order valence-electron chi connectivity index (χ2n) is 17.1. The summed E-state index contributed by atoms with van der Waals surface area (Å²) < 4.78 is 5.95. The molecule has 0 bridgehead atoms. The van der Waals surface area contributed by atoms with E-state index in [1.165, 1.54) is 51.4 Å². The number of alkyl carbamates (subject to hydrolysis) is 1. The van der Waals surface area contributed by atoms with Crippen LogP contribution in [0.25, 0.3) is 0 Å². The average Bonchev–Trinajstić information content (AvgIpc) is 3.52. The van der Waals surface area contributed by atoms with Crippen LogP contribution in [0.1, 0.15) is 144 Å². The van der Waals surface area contributed by atoms with E-state index in [4.69, 9.17) is 4.74 Å². The van der Waals surface area contributed by atoms with Crippen molar-refractivity contribution in [2.24, 2.45) is 46.3 Å². The maximum absolute atomic E-state index is 12.7. The van der Waals surface area contributed by atoms with Gasteiger partial charge in [0.15, 0.2) is 0 Å². The summed E-state index contributed by atoms with van der Waals surface area (Å²) in [6, 6.07) is 0.129. The highest BCUT2D eigenvalue weighted by Crippen LogP contribution is 2.67. The van der Waals surface area contributed by atoms with Crippen LogP contribution in [0, 0.1) is 46.3 Å². The Balaban J connectivity index is 1.05. The number of hydrogen-bond acceptors (Lipinski definition) is 4. The second kappa shape index (κ2) is 14.7. The van der Waals surface area contributed by atoms with Gasteiger partial charge in [0, 0.05) is 32.0 Å². The lowest BCUT2D eigenvalue weighted by molar-refractivity contribution is -0.132. The molecule has 4 fully saturated rings. The zero-order valence-electron chi connectivity index (χ0n) is 29.6. The maximum Gasteiger partial charge on any atom is 0.407 e.